The van der Waals surface area contributed by atoms with Crippen LogP contribution in [0.1, 0.15) is 48.3 Å². The third kappa shape index (κ3) is 5.32. The fraction of sp³-hybridized carbons (Fsp3) is 0.467. The van der Waals surface area contributed by atoms with Crippen molar-refractivity contribution in [1.29, 1.82) is 0 Å². The van der Waals surface area contributed by atoms with Crippen LogP contribution in [0.2, 0.25) is 0 Å². The molecule has 0 amide bonds. The highest BCUT2D eigenvalue weighted by atomic mass is 16.7. The molecular formula is C30H35N7O4. The van der Waals surface area contributed by atoms with Gasteiger partial charge in [-0.05, 0) is 76.5 Å². The maximum absolute atomic E-state index is 13.6. The van der Waals surface area contributed by atoms with Gasteiger partial charge in [0, 0.05) is 50.4 Å². The Kier molecular flexibility index (Phi) is 7.15. The Hall–Kier alpha value is -3.80. The Morgan fingerprint density at radius 2 is 1.88 bits per heavy atom. The molecule has 2 aromatic carbocycles. The smallest absolute Gasteiger partial charge is 0.253 e. The highest BCUT2D eigenvalue weighted by Gasteiger charge is 2.33. The number of pyridine rings is 1. The molecule has 3 aliphatic heterocycles. The molecule has 0 bridgehead atoms. The summed E-state index contributed by atoms with van der Waals surface area (Å²) in [7, 11) is 0. The van der Waals surface area contributed by atoms with Crippen LogP contribution in [-0.2, 0) is 24.2 Å². The molecule has 2 aromatic heterocycles. The van der Waals surface area contributed by atoms with E-state index in [1.54, 1.807) is 0 Å². The second-order valence-corrected chi connectivity index (χ2v) is 11.1. The monoisotopic (exact) mass is 557 g/mol. The normalized spacial score (nSPS) is 20.2. The molecular weight excluding hydrogens is 522 g/mol. The van der Waals surface area contributed by atoms with E-state index in [1.165, 1.54) is 11.1 Å². The van der Waals surface area contributed by atoms with Crippen molar-refractivity contribution in [3.63, 3.8) is 0 Å². The third-order valence-corrected chi connectivity index (χ3v) is 8.46. The number of rotatable bonds is 8. The number of hydrogen-bond acceptors (Lipinski definition) is 9. The first-order valence-electron chi connectivity index (χ1n) is 14.5. The lowest BCUT2D eigenvalue weighted by atomic mass is 10.0. The molecule has 2 unspecified atom stereocenters. The average molecular weight is 558 g/mol. The van der Waals surface area contributed by atoms with Gasteiger partial charge in [0.05, 0.1) is 12.6 Å². The number of ether oxygens (including phenoxy) is 3. The van der Waals surface area contributed by atoms with Gasteiger partial charge in [0.15, 0.2) is 17.3 Å². The lowest BCUT2D eigenvalue weighted by molar-refractivity contribution is 0.0840. The van der Waals surface area contributed by atoms with Crippen molar-refractivity contribution in [3.8, 4) is 11.5 Å². The fourth-order valence-electron chi connectivity index (χ4n) is 6.19. The number of aromatic amines is 1. The number of aryl methyl sites for hydroxylation is 1. The largest absolute Gasteiger partial charge is 0.454 e. The van der Waals surface area contributed by atoms with Crippen molar-refractivity contribution in [2.24, 2.45) is 0 Å². The van der Waals surface area contributed by atoms with E-state index in [4.69, 9.17) is 14.2 Å². The predicted octanol–water partition coefficient (Wildman–Crippen LogP) is 2.89. The maximum atomic E-state index is 13.6. The quantitative estimate of drug-likeness (QED) is 0.350. The Balaban J connectivity index is 1.18. The fourth-order valence-corrected chi connectivity index (χ4v) is 6.19. The van der Waals surface area contributed by atoms with Crippen molar-refractivity contribution in [3.05, 3.63) is 75.3 Å². The second kappa shape index (κ2) is 11.2. The molecule has 0 aliphatic carbocycles. The lowest BCUT2D eigenvalue weighted by Gasteiger charge is -2.38. The van der Waals surface area contributed by atoms with Crippen LogP contribution in [0, 0.1) is 0 Å². The first kappa shape index (κ1) is 26.1. The van der Waals surface area contributed by atoms with Gasteiger partial charge < -0.3 is 19.2 Å². The van der Waals surface area contributed by atoms with Crippen molar-refractivity contribution < 1.29 is 14.2 Å². The number of hydrogen-bond donors (Lipinski definition) is 1. The van der Waals surface area contributed by atoms with Gasteiger partial charge >= 0.3 is 0 Å². The molecule has 0 saturated carbocycles. The molecule has 41 heavy (non-hydrogen) atoms. The Bertz CT molecular complexity index is 1590. The van der Waals surface area contributed by atoms with E-state index in [1.807, 2.05) is 22.9 Å². The zero-order chi connectivity index (χ0) is 27.8. The maximum Gasteiger partial charge on any atom is 0.253 e. The van der Waals surface area contributed by atoms with Crippen LogP contribution in [0.4, 0.5) is 0 Å². The Morgan fingerprint density at radius 3 is 2.71 bits per heavy atom. The summed E-state index contributed by atoms with van der Waals surface area (Å²) >= 11 is 0. The van der Waals surface area contributed by atoms with Crippen LogP contribution >= 0.6 is 0 Å². The SMILES string of the molecule is CCc1ccc2[nH]c(=O)c(C(c3nnnn3CC3CCCO3)N3CCN(Cc4ccc5c(c4)OCO5)CC3)cc2c1. The predicted molar refractivity (Wildman–Crippen MR) is 152 cm³/mol. The van der Waals surface area contributed by atoms with E-state index in [2.05, 4.69) is 61.5 Å². The molecule has 5 heterocycles. The number of aromatic nitrogens is 5. The van der Waals surface area contributed by atoms with Crippen LogP contribution in [0.25, 0.3) is 10.9 Å². The van der Waals surface area contributed by atoms with Crippen LogP contribution in [0.5, 0.6) is 11.5 Å². The number of nitrogens with zero attached hydrogens (tertiary/aromatic N) is 6. The molecule has 0 spiro atoms. The number of tetrazole rings is 1. The standard InChI is InChI=1S/C30H35N7O4/c1-2-20-5-7-25-22(14-20)16-24(30(38)31-25)28(29-32-33-34-37(29)18-23-4-3-13-39-23)36-11-9-35(10-12-36)17-21-6-8-26-27(15-21)41-19-40-26/h5-8,14-16,23,28H,2-4,9-13,17-19H2,1H3,(H,31,38). The van der Waals surface area contributed by atoms with Crippen molar-refractivity contribution >= 4 is 10.9 Å². The minimum Gasteiger partial charge on any atom is -0.454 e. The summed E-state index contributed by atoms with van der Waals surface area (Å²) in [5.41, 5.74) is 3.81. The molecule has 214 valence electrons. The zero-order valence-electron chi connectivity index (χ0n) is 23.3. The molecule has 3 aliphatic rings. The Morgan fingerprint density at radius 1 is 1.02 bits per heavy atom. The summed E-state index contributed by atoms with van der Waals surface area (Å²) < 4.78 is 18.8. The zero-order valence-corrected chi connectivity index (χ0v) is 23.3. The first-order chi connectivity index (χ1) is 20.1. The van der Waals surface area contributed by atoms with Gasteiger partial charge in [0.25, 0.3) is 5.56 Å². The highest BCUT2D eigenvalue weighted by Crippen LogP contribution is 2.33. The van der Waals surface area contributed by atoms with E-state index in [9.17, 15) is 4.79 Å². The van der Waals surface area contributed by atoms with Gasteiger partial charge in [0.1, 0.15) is 6.04 Å². The Labute approximate surface area is 238 Å². The van der Waals surface area contributed by atoms with Crippen molar-refractivity contribution in [2.75, 3.05) is 39.6 Å². The van der Waals surface area contributed by atoms with Gasteiger partial charge in [-0.1, -0.05) is 19.1 Å². The molecule has 1 N–H and O–H groups in total. The van der Waals surface area contributed by atoms with Gasteiger partial charge in [-0.3, -0.25) is 14.6 Å². The van der Waals surface area contributed by atoms with Crippen molar-refractivity contribution in [1.82, 2.24) is 35.0 Å². The second-order valence-electron chi connectivity index (χ2n) is 11.1. The highest BCUT2D eigenvalue weighted by molar-refractivity contribution is 5.80. The summed E-state index contributed by atoms with van der Waals surface area (Å²) in [4.78, 5) is 21.5. The molecule has 2 atom stereocenters. The average Bonchev–Trinajstić information content (AvgIpc) is 3.77. The molecule has 11 heteroatoms. The number of fused-ring (bicyclic) bond motifs is 2. The number of nitrogens with one attached hydrogen (secondary N) is 1. The van der Waals surface area contributed by atoms with E-state index < -0.39 is 0 Å². The van der Waals surface area contributed by atoms with E-state index in [-0.39, 0.29) is 24.5 Å². The number of piperazine rings is 1. The minimum absolute atomic E-state index is 0.0819. The summed E-state index contributed by atoms with van der Waals surface area (Å²) in [5.74, 6) is 2.29. The molecule has 11 nitrogen and oxygen atoms in total. The van der Waals surface area contributed by atoms with E-state index in [0.717, 1.165) is 81.0 Å². The third-order valence-electron chi connectivity index (χ3n) is 8.46. The topological polar surface area (TPSA) is 111 Å². The van der Waals surface area contributed by atoms with Crippen LogP contribution in [0.3, 0.4) is 0 Å². The lowest BCUT2D eigenvalue weighted by Crippen LogP contribution is -2.48. The van der Waals surface area contributed by atoms with E-state index >= 15 is 0 Å². The van der Waals surface area contributed by atoms with Crippen LogP contribution < -0.4 is 15.0 Å². The molecule has 4 aromatic rings. The van der Waals surface area contributed by atoms with Crippen LogP contribution in [-0.4, -0.2) is 80.7 Å². The summed E-state index contributed by atoms with van der Waals surface area (Å²) in [6, 6.07) is 14.0. The molecule has 7 rings (SSSR count). The van der Waals surface area contributed by atoms with Gasteiger partial charge in [-0.2, -0.15) is 0 Å². The van der Waals surface area contributed by atoms with Gasteiger partial charge in [-0.15, -0.1) is 5.10 Å². The number of H-pyrrole nitrogens is 1. The van der Waals surface area contributed by atoms with Crippen molar-refractivity contribution in [2.45, 2.75) is 51.4 Å². The minimum atomic E-state index is -0.377. The first-order valence-corrected chi connectivity index (χ1v) is 14.5. The van der Waals surface area contributed by atoms with Gasteiger partial charge in [-0.25, -0.2) is 4.68 Å². The van der Waals surface area contributed by atoms with Gasteiger partial charge in [0.2, 0.25) is 6.79 Å². The van der Waals surface area contributed by atoms with E-state index in [0.29, 0.717) is 17.9 Å². The summed E-state index contributed by atoms with van der Waals surface area (Å²) in [5, 5.41) is 13.9. The number of benzene rings is 2. The summed E-state index contributed by atoms with van der Waals surface area (Å²) in [6.45, 7) is 7.83. The molecule has 2 saturated heterocycles. The summed E-state index contributed by atoms with van der Waals surface area (Å²) in [6.07, 6.45) is 3.04. The molecule has 0 radical (unpaired) electrons. The van der Waals surface area contributed by atoms with Crippen LogP contribution in [0.15, 0.2) is 47.3 Å². The molecule has 2 fully saturated rings.